The first-order chi connectivity index (χ1) is 10.4. The van der Waals surface area contributed by atoms with Gasteiger partial charge in [0.25, 0.3) is 5.91 Å². The van der Waals surface area contributed by atoms with E-state index in [0.717, 1.165) is 0 Å². The van der Waals surface area contributed by atoms with Crippen molar-refractivity contribution in [1.82, 2.24) is 20.4 Å². The first-order valence-corrected chi connectivity index (χ1v) is 6.67. The van der Waals surface area contributed by atoms with Gasteiger partial charge in [0.15, 0.2) is 6.61 Å². The molecule has 0 radical (unpaired) electrons. The maximum absolute atomic E-state index is 11.8. The molecule has 1 aromatic rings. The predicted octanol–water partition coefficient (Wildman–Crippen LogP) is 0.0109. The summed E-state index contributed by atoms with van der Waals surface area (Å²) in [5.74, 6) is -1.55. The number of esters is 1. The standard InChI is InChI=1S/C12H17ClN4O5/c1-7-9(10(13)17(2)16-7)11(19)22-6-8(18)15-12(20)14-4-5-21-3/h4-6H2,1-3H3,(H2,14,15,18,20). The minimum atomic E-state index is -0.787. The molecule has 1 aromatic heterocycles. The molecule has 2 N–H and O–H groups in total. The summed E-state index contributed by atoms with van der Waals surface area (Å²) in [5, 5.41) is 8.46. The second-order valence-corrected chi connectivity index (χ2v) is 4.61. The van der Waals surface area contributed by atoms with Gasteiger partial charge in [-0.05, 0) is 6.92 Å². The Morgan fingerprint density at radius 1 is 1.36 bits per heavy atom. The van der Waals surface area contributed by atoms with Crippen molar-refractivity contribution in [3.05, 3.63) is 16.4 Å². The van der Waals surface area contributed by atoms with Crippen LogP contribution in [0.4, 0.5) is 4.79 Å². The van der Waals surface area contributed by atoms with Gasteiger partial charge in [0.05, 0.1) is 12.3 Å². The number of hydrogen-bond acceptors (Lipinski definition) is 6. The number of carbonyl (C=O) groups excluding carboxylic acids is 3. The minimum absolute atomic E-state index is 0.0847. The number of methoxy groups -OCH3 is 1. The van der Waals surface area contributed by atoms with E-state index in [0.29, 0.717) is 12.3 Å². The normalized spacial score (nSPS) is 10.2. The van der Waals surface area contributed by atoms with Gasteiger partial charge in [-0.2, -0.15) is 5.10 Å². The van der Waals surface area contributed by atoms with Gasteiger partial charge < -0.3 is 14.8 Å². The van der Waals surface area contributed by atoms with Crippen molar-refractivity contribution in [2.45, 2.75) is 6.92 Å². The Balaban J connectivity index is 2.44. The summed E-state index contributed by atoms with van der Waals surface area (Å²) in [6, 6.07) is -0.700. The van der Waals surface area contributed by atoms with Crippen LogP contribution in [0.2, 0.25) is 5.15 Å². The lowest BCUT2D eigenvalue weighted by Gasteiger charge is -2.07. The third kappa shape index (κ3) is 5.01. The van der Waals surface area contributed by atoms with Crippen LogP contribution in [0.5, 0.6) is 0 Å². The molecule has 0 saturated heterocycles. The van der Waals surface area contributed by atoms with Crippen LogP contribution in [0, 0.1) is 6.92 Å². The Kier molecular flexibility index (Phi) is 6.80. The summed E-state index contributed by atoms with van der Waals surface area (Å²) in [6.45, 7) is 1.54. The van der Waals surface area contributed by atoms with Gasteiger partial charge in [0.2, 0.25) is 0 Å². The van der Waals surface area contributed by atoms with Gasteiger partial charge in [-0.15, -0.1) is 0 Å². The van der Waals surface area contributed by atoms with Crippen molar-refractivity contribution in [3.8, 4) is 0 Å². The van der Waals surface area contributed by atoms with Crippen LogP contribution in [-0.4, -0.2) is 54.6 Å². The second kappa shape index (κ2) is 8.35. The molecule has 0 aliphatic heterocycles. The van der Waals surface area contributed by atoms with Crippen molar-refractivity contribution < 1.29 is 23.9 Å². The largest absolute Gasteiger partial charge is 0.452 e. The Morgan fingerprint density at radius 2 is 2.05 bits per heavy atom. The molecule has 0 atom stereocenters. The number of nitrogens with one attached hydrogen (secondary N) is 2. The zero-order valence-electron chi connectivity index (χ0n) is 12.4. The van der Waals surface area contributed by atoms with E-state index in [4.69, 9.17) is 21.1 Å². The number of aromatic nitrogens is 2. The monoisotopic (exact) mass is 332 g/mol. The maximum atomic E-state index is 11.8. The molecule has 0 fully saturated rings. The summed E-state index contributed by atoms with van der Waals surface area (Å²) in [5.41, 5.74) is 0.469. The number of nitrogens with zero attached hydrogens (tertiary/aromatic N) is 2. The van der Waals surface area contributed by atoms with Crippen LogP contribution in [0.1, 0.15) is 16.1 Å². The number of amides is 3. The molecule has 0 aliphatic carbocycles. The van der Waals surface area contributed by atoms with Crippen LogP contribution in [-0.2, 0) is 21.3 Å². The second-order valence-electron chi connectivity index (χ2n) is 4.25. The van der Waals surface area contributed by atoms with Gasteiger partial charge in [0.1, 0.15) is 10.7 Å². The Hall–Kier alpha value is -2.13. The van der Waals surface area contributed by atoms with E-state index < -0.39 is 24.5 Å². The summed E-state index contributed by atoms with van der Waals surface area (Å²) in [7, 11) is 3.05. The Labute approximate surface area is 131 Å². The highest BCUT2D eigenvalue weighted by Gasteiger charge is 2.21. The van der Waals surface area contributed by atoms with E-state index in [-0.39, 0.29) is 17.3 Å². The average Bonchev–Trinajstić information content (AvgIpc) is 2.70. The highest BCUT2D eigenvalue weighted by molar-refractivity contribution is 6.32. The fraction of sp³-hybridized carbons (Fsp3) is 0.500. The lowest BCUT2D eigenvalue weighted by atomic mass is 10.3. The number of hydrogen-bond donors (Lipinski definition) is 2. The van der Waals surface area contributed by atoms with E-state index in [1.165, 1.54) is 11.8 Å². The van der Waals surface area contributed by atoms with Gasteiger partial charge in [-0.25, -0.2) is 9.59 Å². The summed E-state index contributed by atoms with van der Waals surface area (Å²) in [4.78, 5) is 34.6. The molecule has 0 aliphatic rings. The molecule has 0 saturated carbocycles. The number of halogens is 1. The van der Waals surface area contributed by atoms with Crippen molar-refractivity contribution in [2.24, 2.45) is 7.05 Å². The van der Waals surface area contributed by atoms with E-state index in [9.17, 15) is 14.4 Å². The van der Waals surface area contributed by atoms with Crippen molar-refractivity contribution in [1.29, 1.82) is 0 Å². The number of urea groups is 1. The SMILES string of the molecule is COCCNC(=O)NC(=O)COC(=O)c1c(C)nn(C)c1Cl. The van der Waals surface area contributed by atoms with Crippen molar-refractivity contribution in [3.63, 3.8) is 0 Å². The van der Waals surface area contributed by atoms with E-state index >= 15 is 0 Å². The first-order valence-electron chi connectivity index (χ1n) is 6.29. The smallest absolute Gasteiger partial charge is 0.343 e. The molecule has 1 heterocycles. The van der Waals surface area contributed by atoms with Crippen LogP contribution < -0.4 is 10.6 Å². The molecule has 122 valence electrons. The molecule has 0 unspecified atom stereocenters. The number of imide groups is 1. The van der Waals surface area contributed by atoms with Crippen LogP contribution in [0.15, 0.2) is 0 Å². The summed E-state index contributed by atoms with van der Waals surface area (Å²) in [6.07, 6.45) is 0. The topological polar surface area (TPSA) is 112 Å². The average molecular weight is 333 g/mol. The Bertz CT molecular complexity index is 572. The highest BCUT2D eigenvalue weighted by atomic mass is 35.5. The molecule has 10 heteroatoms. The van der Waals surface area contributed by atoms with Gasteiger partial charge in [0, 0.05) is 20.7 Å². The van der Waals surface area contributed by atoms with E-state index in [1.54, 1.807) is 14.0 Å². The number of carbonyl (C=O) groups is 3. The fourth-order valence-electron chi connectivity index (χ4n) is 1.54. The third-order valence-electron chi connectivity index (χ3n) is 2.54. The molecular formula is C12H17ClN4O5. The highest BCUT2D eigenvalue weighted by Crippen LogP contribution is 2.19. The molecular weight excluding hydrogens is 316 g/mol. The van der Waals surface area contributed by atoms with Crippen molar-refractivity contribution in [2.75, 3.05) is 26.9 Å². The lowest BCUT2D eigenvalue weighted by Crippen LogP contribution is -2.42. The van der Waals surface area contributed by atoms with Crippen LogP contribution >= 0.6 is 11.6 Å². The zero-order valence-corrected chi connectivity index (χ0v) is 13.2. The Morgan fingerprint density at radius 3 is 2.59 bits per heavy atom. The molecule has 0 bridgehead atoms. The minimum Gasteiger partial charge on any atom is -0.452 e. The molecule has 0 spiro atoms. The van der Waals surface area contributed by atoms with Crippen LogP contribution in [0.25, 0.3) is 0 Å². The van der Waals surface area contributed by atoms with Gasteiger partial charge in [-0.3, -0.25) is 14.8 Å². The van der Waals surface area contributed by atoms with Gasteiger partial charge >= 0.3 is 12.0 Å². The summed E-state index contributed by atoms with van der Waals surface area (Å²) < 4.78 is 10.8. The van der Waals surface area contributed by atoms with Crippen molar-refractivity contribution >= 4 is 29.5 Å². The summed E-state index contributed by atoms with van der Waals surface area (Å²) >= 11 is 5.90. The maximum Gasteiger partial charge on any atom is 0.343 e. The molecule has 9 nitrogen and oxygen atoms in total. The molecule has 3 amide bonds. The van der Waals surface area contributed by atoms with Gasteiger partial charge in [-0.1, -0.05) is 11.6 Å². The van der Waals surface area contributed by atoms with Crippen LogP contribution in [0.3, 0.4) is 0 Å². The number of ether oxygens (including phenoxy) is 2. The lowest BCUT2D eigenvalue weighted by molar-refractivity contribution is -0.123. The van der Waals surface area contributed by atoms with E-state index in [2.05, 4.69) is 10.4 Å². The number of rotatable bonds is 6. The molecule has 1 rings (SSSR count). The zero-order chi connectivity index (χ0) is 16.7. The first kappa shape index (κ1) is 17.9. The predicted molar refractivity (Wildman–Crippen MR) is 76.7 cm³/mol. The van der Waals surface area contributed by atoms with E-state index in [1.807, 2.05) is 5.32 Å². The fourth-order valence-corrected chi connectivity index (χ4v) is 1.79. The quantitative estimate of drug-likeness (QED) is 0.560. The third-order valence-corrected chi connectivity index (χ3v) is 2.97. The number of aryl methyl sites for hydroxylation is 2. The molecule has 0 aromatic carbocycles. The molecule has 22 heavy (non-hydrogen) atoms.